The Hall–Kier alpha value is -2.06. The minimum absolute atomic E-state index is 0.301. The van der Waals surface area contributed by atoms with Crippen LogP contribution in [0.25, 0.3) is 10.3 Å². The molecule has 0 aliphatic heterocycles. The van der Waals surface area contributed by atoms with Crippen LogP contribution in [0.15, 0.2) is 40.3 Å². The lowest BCUT2D eigenvalue weighted by molar-refractivity contribution is 0.344. The second-order valence-electron chi connectivity index (χ2n) is 4.09. The van der Waals surface area contributed by atoms with Crippen LogP contribution in [0.4, 0.5) is 5.13 Å². The van der Waals surface area contributed by atoms with Crippen molar-refractivity contribution in [3.05, 3.63) is 40.7 Å². The SMILES string of the molecule is Nc1nc2[nH]c(SCCOc3ccccc3)nc(=O)c2s1. The minimum Gasteiger partial charge on any atom is -0.493 e. The molecule has 0 fully saturated rings. The molecule has 6 nitrogen and oxygen atoms in total. The molecule has 0 aliphatic carbocycles. The Labute approximate surface area is 128 Å². The van der Waals surface area contributed by atoms with Crippen LogP contribution < -0.4 is 16.0 Å². The average molecular weight is 320 g/mol. The third-order valence-corrected chi connectivity index (χ3v) is 4.31. The van der Waals surface area contributed by atoms with E-state index in [0.717, 1.165) is 17.1 Å². The van der Waals surface area contributed by atoms with Crippen molar-refractivity contribution in [2.24, 2.45) is 0 Å². The first-order valence-corrected chi connectivity index (χ1v) is 7.99. The minimum atomic E-state index is -0.301. The number of thiazole rings is 1. The molecule has 2 aromatic heterocycles. The highest BCUT2D eigenvalue weighted by Gasteiger charge is 2.09. The lowest BCUT2D eigenvalue weighted by Crippen LogP contribution is -2.08. The van der Waals surface area contributed by atoms with Crippen molar-refractivity contribution in [1.82, 2.24) is 15.0 Å². The highest BCUT2D eigenvalue weighted by atomic mass is 32.2. The number of fused-ring (bicyclic) bond motifs is 1. The lowest BCUT2D eigenvalue weighted by Gasteiger charge is -2.05. The van der Waals surface area contributed by atoms with Gasteiger partial charge in [0.25, 0.3) is 5.56 Å². The van der Waals surface area contributed by atoms with Gasteiger partial charge in [0.15, 0.2) is 15.9 Å². The summed E-state index contributed by atoms with van der Waals surface area (Å²) in [6, 6.07) is 9.57. The number of thioether (sulfide) groups is 1. The number of para-hydroxylation sites is 1. The zero-order valence-electron chi connectivity index (χ0n) is 10.9. The number of hydrogen-bond acceptors (Lipinski definition) is 7. The fraction of sp³-hybridized carbons (Fsp3) is 0.154. The molecule has 0 saturated heterocycles. The van der Waals surface area contributed by atoms with Gasteiger partial charge in [0.05, 0.1) is 6.61 Å². The Balaban J connectivity index is 1.62. The number of nitrogen functional groups attached to an aromatic ring is 1. The number of hydrogen-bond donors (Lipinski definition) is 2. The molecule has 0 atom stereocenters. The number of nitrogens with zero attached hydrogens (tertiary/aromatic N) is 2. The molecule has 1 aromatic carbocycles. The zero-order valence-corrected chi connectivity index (χ0v) is 12.5. The van der Waals surface area contributed by atoms with Gasteiger partial charge in [-0.1, -0.05) is 41.3 Å². The van der Waals surface area contributed by atoms with Gasteiger partial charge in [-0.05, 0) is 12.1 Å². The van der Waals surface area contributed by atoms with Crippen molar-refractivity contribution in [2.45, 2.75) is 5.16 Å². The number of ether oxygens (including phenoxy) is 1. The van der Waals surface area contributed by atoms with E-state index in [-0.39, 0.29) is 5.56 Å². The topological polar surface area (TPSA) is 93.9 Å². The number of nitrogens with one attached hydrogen (secondary N) is 1. The van der Waals surface area contributed by atoms with E-state index < -0.39 is 0 Å². The van der Waals surface area contributed by atoms with Crippen LogP contribution in [0.1, 0.15) is 0 Å². The average Bonchev–Trinajstić information content (AvgIpc) is 2.86. The highest BCUT2D eigenvalue weighted by Crippen LogP contribution is 2.20. The molecule has 0 bridgehead atoms. The molecule has 0 radical (unpaired) electrons. The molecule has 0 spiro atoms. The number of benzene rings is 1. The van der Waals surface area contributed by atoms with Crippen LogP contribution in [0, 0.1) is 0 Å². The van der Waals surface area contributed by atoms with E-state index >= 15 is 0 Å². The Morgan fingerprint density at radius 1 is 1.29 bits per heavy atom. The molecule has 21 heavy (non-hydrogen) atoms. The Kier molecular flexibility index (Phi) is 4.07. The van der Waals surface area contributed by atoms with Gasteiger partial charge >= 0.3 is 0 Å². The maximum absolute atomic E-state index is 11.8. The number of anilines is 1. The molecular formula is C13H12N4O2S2. The van der Waals surface area contributed by atoms with E-state index in [0.29, 0.717) is 33.0 Å². The van der Waals surface area contributed by atoms with Crippen molar-refractivity contribution < 1.29 is 4.74 Å². The van der Waals surface area contributed by atoms with Gasteiger partial charge in [0, 0.05) is 5.75 Å². The number of aromatic nitrogens is 3. The summed E-state index contributed by atoms with van der Waals surface area (Å²) in [5, 5.41) is 0.879. The van der Waals surface area contributed by atoms with Crippen LogP contribution in [0.5, 0.6) is 5.75 Å². The van der Waals surface area contributed by atoms with Crippen molar-refractivity contribution in [3.63, 3.8) is 0 Å². The van der Waals surface area contributed by atoms with Crippen molar-refractivity contribution in [1.29, 1.82) is 0 Å². The normalized spacial score (nSPS) is 10.9. The molecule has 3 rings (SSSR count). The largest absolute Gasteiger partial charge is 0.493 e. The second kappa shape index (κ2) is 6.15. The highest BCUT2D eigenvalue weighted by molar-refractivity contribution is 7.99. The van der Waals surface area contributed by atoms with E-state index in [9.17, 15) is 4.79 Å². The van der Waals surface area contributed by atoms with Gasteiger partial charge in [-0.15, -0.1) is 0 Å². The number of aromatic amines is 1. The number of H-pyrrole nitrogens is 1. The quantitative estimate of drug-likeness (QED) is 0.425. The predicted molar refractivity (Wildman–Crippen MR) is 85.1 cm³/mol. The molecule has 2 heterocycles. The first-order valence-electron chi connectivity index (χ1n) is 6.19. The first kappa shape index (κ1) is 13.9. The van der Waals surface area contributed by atoms with Crippen LogP contribution in [0.3, 0.4) is 0 Å². The molecule has 108 valence electrons. The van der Waals surface area contributed by atoms with Crippen molar-refractivity contribution in [3.8, 4) is 5.75 Å². The summed E-state index contributed by atoms with van der Waals surface area (Å²) < 4.78 is 6.03. The van der Waals surface area contributed by atoms with Crippen LogP contribution in [-0.4, -0.2) is 27.3 Å². The van der Waals surface area contributed by atoms with E-state index in [2.05, 4.69) is 15.0 Å². The standard InChI is InChI=1S/C13H12N4O2S2/c14-12-15-10-9(21-12)11(18)17-13(16-10)20-7-6-19-8-4-2-1-3-5-8/h1-5H,6-7H2,(H3,14,15,16,17,18). The summed E-state index contributed by atoms with van der Waals surface area (Å²) in [4.78, 5) is 22.8. The summed E-state index contributed by atoms with van der Waals surface area (Å²) in [6.45, 7) is 0.523. The zero-order chi connectivity index (χ0) is 14.7. The first-order chi connectivity index (χ1) is 10.2. The lowest BCUT2D eigenvalue weighted by atomic mass is 10.3. The van der Waals surface area contributed by atoms with Gasteiger partial charge in [0.1, 0.15) is 10.4 Å². The van der Waals surface area contributed by atoms with Gasteiger partial charge in [-0.2, -0.15) is 4.98 Å². The predicted octanol–water partition coefficient (Wildman–Crippen LogP) is 2.13. The Morgan fingerprint density at radius 2 is 2.10 bits per heavy atom. The summed E-state index contributed by atoms with van der Waals surface area (Å²) >= 11 is 2.55. The van der Waals surface area contributed by atoms with Gasteiger partial charge < -0.3 is 15.5 Å². The fourth-order valence-corrected chi connectivity index (χ4v) is 3.07. The van der Waals surface area contributed by atoms with Gasteiger partial charge in [0.2, 0.25) is 0 Å². The maximum atomic E-state index is 11.8. The van der Waals surface area contributed by atoms with Crippen molar-refractivity contribution in [2.75, 3.05) is 18.1 Å². The van der Waals surface area contributed by atoms with E-state index in [4.69, 9.17) is 10.5 Å². The number of rotatable bonds is 5. The smallest absolute Gasteiger partial charge is 0.293 e. The van der Waals surface area contributed by atoms with Crippen molar-refractivity contribution >= 4 is 38.6 Å². The molecule has 0 saturated carbocycles. The van der Waals surface area contributed by atoms with Gasteiger partial charge in [-0.25, -0.2) is 4.98 Å². The molecule has 0 unspecified atom stereocenters. The molecule has 0 amide bonds. The maximum Gasteiger partial charge on any atom is 0.293 e. The molecule has 3 aromatic rings. The molecule has 3 N–H and O–H groups in total. The Bertz CT molecular complexity index is 801. The summed E-state index contributed by atoms with van der Waals surface area (Å²) in [6.07, 6.45) is 0. The van der Waals surface area contributed by atoms with Crippen LogP contribution in [0.2, 0.25) is 0 Å². The molecule has 8 heteroatoms. The second-order valence-corrected chi connectivity index (χ2v) is 6.20. The van der Waals surface area contributed by atoms with E-state index in [1.807, 2.05) is 30.3 Å². The summed E-state index contributed by atoms with van der Waals surface area (Å²) in [7, 11) is 0. The fourth-order valence-electron chi connectivity index (χ4n) is 1.72. The Morgan fingerprint density at radius 3 is 2.90 bits per heavy atom. The monoisotopic (exact) mass is 320 g/mol. The third kappa shape index (κ3) is 3.34. The third-order valence-electron chi connectivity index (χ3n) is 2.60. The summed E-state index contributed by atoms with van der Waals surface area (Å²) in [5.74, 6) is 1.49. The summed E-state index contributed by atoms with van der Waals surface area (Å²) in [5.41, 5.74) is 5.78. The van der Waals surface area contributed by atoms with Crippen LogP contribution in [-0.2, 0) is 0 Å². The van der Waals surface area contributed by atoms with Crippen LogP contribution >= 0.6 is 23.1 Å². The van der Waals surface area contributed by atoms with Gasteiger partial charge in [-0.3, -0.25) is 4.79 Å². The molecular weight excluding hydrogens is 308 g/mol. The molecule has 0 aliphatic rings. The number of nitrogens with two attached hydrogens (primary N) is 1. The van der Waals surface area contributed by atoms with E-state index in [1.165, 1.54) is 11.8 Å². The van der Waals surface area contributed by atoms with E-state index in [1.54, 1.807) is 0 Å².